The van der Waals surface area contributed by atoms with Crippen LogP contribution in [0.2, 0.25) is 0 Å². The van der Waals surface area contributed by atoms with Crippen molar-refractivity contribution in [1.82, 2.24) is 0 Å². The quantitative estimate of drug-likeness (QED) is 0.740. The number of benzene rings is 1. The first kappa shape index (κ1) is 13.3. The van der Waals surface area contributed by atoms with Gasteiger partial charge < -0.3 is 20.7 Å². The van der Waals surface area contributed by atoms with Gasteiger partial charge in [-0.3, -0.25) is 4.79 Å². The van der Waals surface area contributed by atoms with Gasteiger partial charge in [-0.25, -0.2) is 0 Å². The van der Waals surface area contributed by atoms with E-state index in [0.717, 1.165) is 5.56 Å². The molecular formula is C12H17NO4. The van der Waals surface area contributed by atoms with Gasteiger partial charge in [0, 0.05) is 11.6 Å². The third-order valence-corrected chi connectivity index (χ3v) is 2.79. The molecule has 0 radical (unpaired) electrons. The molecule has 0 aliphatic rings. The monoisotopic (exact) mass is 239 g/mol. The highest BCUT2D eigenvalue weighted by atomic mass is 16.5. The van der Waals surface area contributed by atoms with Crippen LogP contribution in [0, 0.1) is 13.8 Å². The maximum Gasteiger partial charge on any atom is 0.305 e. The average Bonchev–Trinajstić information content (AvgIpc) is 2.24. The van der Waals surface area contributed by atoms with Crippen LogP contribution in [0.4, 0.5) is 0 Å². The lowest BCUT2D eigenvalue weighted by atomic mass is 9.97. The van der Waals surface area contributed by atoms with Gasteiger partial charge in [-0.15, -0.1) is 0 Å². The Kier molecular flexibility index (Phi) is 3.96. The molecule has 0 amide bonds. The van der Waals surface area contributed by atoms with Gasteiger partial charge in [0.1, 0.15) is 0 Å². The van der Waals surface area contributed by atoms with Crippen molar-refractivity contribution in [2.45, 2.75) is 26.3 Å². The normalized spacial score (nSPS) is 12.2. The van der Waals surface area contributed by atoms with E-state index in [4.69, 9.17) is 15.6 Å². The van der Waals surface area contributed by atoms with E-state index in [0.29, 0.717) is 11.1 Å². The fourth-order valence-electron chi connectivity index (χ4n) is 1.69. The summed E-state index contributed by atoms with van der Waals surface area (Å²) in [5, 5.41) is 18.6. The number of nitrogens with two attached hydrogens (primary N) is 1. The van der Waals surface area contributed by atoms with Crippen LogP contribution >= 0.6 is 0 Å². The summed E-state index contributed by atoms with van der Waals surface area (Å²) in [5.41, 5.74) is 7.85. The topological polar surface area (TPSA) is 92.8 Å². The lowest BCUT2D eigenvalue weighted by molar-refractivity contribution is -0.137. The Morgan fingerprint density at radius 3 is 2.59 bits per heavy atom. The molecule has 0 heterocycles. The van der Waals surface area contributed by atoms with Gasteiger partial charge in [0.25, 0.3) is 0 Å². The van der Waals surface area contributed by atoms with Gasteiger partial charge in [-0.1, -0.05) is 6.07 Å². The van der Waals surface area contributed by atoms with Crippen molar-refractivity contribution in [2.24, 2.45) is 5.73 Å². The third-order valence-electron chi connectivity index (χ3n) is 2.79. The van der Waals surface area contributed by atoms with Gasteiger partial charge >= 0.3 is 5.97 Å². The molecule has 1 rings (SSSR count). The predicted octanol–water partition coefficient (Wildman–Crippen LogP) is 1.49. The van der Waals surface area contributed by atoms with E-state index in [1.807, 2.05) is 6.92 Å². The van der Waals surface area contributed by atoms with Crippen LogP contribution in [0.15, 0.2) is 6.07 Å². The number of aliphatic carboxylic acids is 1. The van der Waals surface area contributed by atoms with Crippen molar-refractivity contribution in [2.75, 3.05) is 7.11 Å². The maximum absolute atomic E-state index is 10.6. The van der Waals surface area contributed by atoms with Crippen molar-refractivity contribution in [3.8, 4) is 11.5 Å². The van der Waals surface area contributed by atoms with Crippen LogP contribution in [0.3, 0.4) is 0 Å². The van der Waals surface area contributed by atoms with Gasteiger partial charge in [0.05, 0.1) is 13.5 Å². The van der Waals surface area contributed by atoms with Crippen molar-refractivity contribution < 1.29 is 19.7 Å². The Morgan fingerprint density at radius 2 is 2.12 bits per heavy atom. The van der Waals surface area contributed by atoms with Crippen molar-refractivity contribution in [3.63, 3.8) is 0 Å². The lowest BCUT2D eigenvalue weighted by Gasteiger charge is -2.18. The first-order valence-corrected chi connectivity index (χ1v) is 5.22. The fourth-order valence-corrected chi connectivity index (χ4v) is 1.69. The molecule has 0 aliphatic heterocycles. The molecule has 1 aromatic carbocycles. The molecule has 5 nitrogen and oxygen atoms in total. The Balaban J connectivity index is 3.27. The van der Waals surface area contributed by atoms with Crippen LogP contribution in [0.25, 0.3) is 0 Å². The number of phenolic OH excluding ortho intramolecular Hbond substituents is 1. The highest BCUT2D eigenvalue weighted by molar-refractivity contribution is 5.68. The molecule has 0 saturated carbocycles. The van der Waals surface area contributed by atoms with E-state index in [1.54, 1.807) is 13.0 Å². The zero-order chi connectivity index (χ0) is 13.2. The number of hydrogen-bond acceptors (Lipinski definition) is 4. The fraction of sp³-hybridized carbons (Fsp3) is 0.417. The number of phenols is 1. The lowest BCUT2D eigenvalue weighted by Crippen LogP contribution is -2.16. The van der Waals surface area contributed by atoms with Crippen LogP contribution in [0.5, 0.6) is 11.5 Å². The van der Waals surface area contributed by atoms with Gasteiger partial charge in [0.15, 0.2) is 11.5 Å². The number of carbonyl (C=O) groups is 1. The van der Waals surface area contributed by atoms with Crippen LogP contribution in [-0.4, -0.2) is 23.3 Å². The van der Waals surface area contributed by atoms with Crippen molar-refractivity contribution in [1.29, 1.82) is 0 Å². The molecule has 94 valence electrons. The molecule has 0 spiro atoms. The first-order valence-electron chi connectivity index (χ1n) is 5.22. The molecule has 1 unspecified atom stereocenters. The Hall–Kier alpha value is -1.75. The maximum atomic E-state index is 10.6. The minimum atomic E-state index is -0.989. The summed E-state index contributed by atoms with van der Waals surface area (Å²) in [6, 6.07) is 1.05. The number of aryl methyl sites for hydroxylation is 1. The van der Waals surface area contributed by atoms with Gasteiger partial charge in [-0.2, -0.15) is 0 Å². The molecule has 17 heavy (non-hydrogen) atoms. The summed E-state index contributed by atoms with van der Waals surface area (Å²) in [6.07, 6.45) is -0.210. The molecule has 0 bridgehead atoms. The summed E-state index contributed by atoms with van der Waals surface area (Å²) in [5.74, 6) is -0.720. The van der Waals surface area contributed by atoms with E-state index in [9.17, 15) is 9.90 Å². The number of ether oxygens (including phenoxy) is 1. The number of hydrogen-bond donors (Lipinski definition) is 3. The molecule has 0 aliphatic carbocycles. The smallest absolute Gasteiger partial charge is 0.305 e. The van der Waals surface area contributed by atoms with E-state index in [2.05, 4.69) is 0 Å². The SMILES string of the molecule is COc1c(C(N)CC(=O)O)cc(C)c(C)c1O. The zero-order valence-electron chi connectivity index (χ0n) is 10.2. The molecule has 0 aromatic heterocycles. The molecule has 1 aromatic rings. The Bertz CT molecular complexity index is 443. The second-order valence-electron chi connectivity index (χ2n) is 3.99. The number of carboxylic acid groups (broad SMARTS) is 1. The number of methoxy groups -OCH3 is 1. The molecule has 0 fully saturated rings. The molecule has 5 heteroatoms. The average molecular weight is 239 g/mol. The van der Waals surface area contributed by atoms with E-state index < -0.39 is 12.0 Å². The third kappa shape index (κ3) is 2.68. The molecule has 1 atom stereocenters. The predicted molar refractivity (Wildman–Crippen MR) is 63.3 cm³/mol. The van der Waals surface area contributed by atoms with E-state index in [-0.39, 0.29) is 17.9 Å². The standard InChI is InChI=1S/C12H17NO4/c1-6-4-8(9(13)5-10(14)15)12(17-3)11(16)7(6)2/h4,9,16H,5,13H2,1-3H3,(H,14,15). The first-order chi connectivity index (χ1) is 7.88. The zero-order valence-corrected chi connectivity index (χ0v) is 10.2. The number of aromatic hydroxyl groups is 1. The van der Waals surface area contributed by atoms with Crippen LogP contribution < -0.4 is 10.5 Å². The molecule has 0 saturated heterocycles. The van der Waals surface area contributed by atoms with E-state index in [1.165, 1.54) is 7.11 Å². The summed E-state index contributed by atoms with van der Waals surface area (Å²) >= 11 is 0. The number of rotatable bonds is 4. The second-order valence-corrected chi connectivity index (χ2v) is 3.99. The van der Waals surface area contributed by atoms with Gasteiger partial charge in [-0.05, 0) is 25.0 Å². The van der Waals surface area contributed by atoms with Crippen LogP contribution in [-0.2, 0) is 4.79 Å². The van der Waals surface area contributed by atoms with Crippen LogP contribution in [0.1, 0.15) is 29.2 Å². The largest absolute Gasteiger partial charge is 0.504 e. The van der Waals surface area contributed by atoms with E-state index >= 15 is 0 Å². The highest BCUT2D eigenvalue weighted by Crippen LogP contribution is 2.38. The summed E-state index contributed by atoms with van der Waals surface area (Å²) in [4.78, 5) is 10.6. The minimum Gasteiger partial charge on any atom is -0.504 e. The minimum absolute atomic E-state index is 0.0170. The molecular weight excluding hydrogens is 222 g/mol. The second kappa shape index (κ2) is 5.05. The molecule has 4 N–H and O–H groups in total. The summed E-state index contributed by atoms with van der Waals surface area (Å²) in [7, 11) is 1.42. The van der Waals surface area contributed by atoms with Crippen molar-refractivity contribution in [3.05, 3.63) is 22.8 Å². The highest BCUT2D eigenvalue weighted by Gasteiger charge is 2.20. The van der Waals surface area contributed by atoms with Crippen molar-refractivity contribution >= 4 is 5.97 Å². The number of carboxylic acids is 1. The Morgan fingerprint density at radius 1 is 1.53 bits per heavy atom. The summed E-state index contributed by atoms with van der Waals surface area (Å²) in [6.45, 7) is 3.59. The Labute approximate surface area is 99.8 Å². The van der Waals surface area contributed by atoms with Gasteiger partial charge in [0.2, 0.25) is 0 Å². The summed E-state index contributed by atoms with van der Waals surface area (Å²) < 4.78 is 5.09.